The van der Waals surface area contributed by atoms with E-state index in [4.69, 9.17) is 4.74 Å². The van der Waals surface area contributed by atoms with Crippen molar-refractivity contribution >= 4 is 15.9 Å². The van der Waals surface area contributed by atoms with E-state index in [1.54, 1.807) is 7.11 Å². The van der Waals surface area contributed by atoms with Gasteiger partial charge in [-0.05, 0) is 43.4 Å². The number of nitrogens with one attached hydrogen (secondary N) is 1. The molecule has 25 heavy (non-hydrogen) atoms. The Bertz CT molecular complexity index is 673. The number of carbonyl (C=O) groups is 1. The number of methoxy groups -OCH3 is 1. The fourth-order valence-electron chi connectivity index (χ4n) is 2.93. The molecule has 1 heterocycles. The number of ether oxygens (including phenoxy) is 1. The van der Waals surface area contributed by atoms with Gasteiger partial charge in [0.2, 0.25) is 15.9 Å². The molecule has 2 rings (SSSR count). The largest absolute Gasteiger partial charge is 0.383 e. The zero-order valence-electron chi connectivity index (χ0n) is 14.4. The van der Waals surface area contributed by atoms with Gasteiger partial charge in [0.15, 0.2) is 0 Å². The number of sulfonamides is 1. The van der Waals surface area contributed by atoms with Crippen LogP contribution < -0.4 is 5.32 Å². The zero-order valence-corrected chi connectivity index (χ0v) is 15.2. The number of piperidine rings is 1. The first-order chi connectivity index (χ1) is 11.9. The summed E-state index contributed by atoms with van der Waals surface area (Å²) < 4.78 is 44.6. The Morgan fingerprint density at radius 1 is 1.36 bits per heavy atom. The Balaban J connectivity index is 1.80. The Hall–Kier alpha value is -1.51. The van der Waals surface area contributed by atoms with Gasteiger partial charge in [-0.3, -0.25) is 4.79 Å². The Morgan fingerprint density at radius 3 is 2.72 bits per heavy atom. The predicted molar refractivity (Wildman–Crippen MR) is 92.0 cm³/mol. The summed E-state index contributed by atoms with van der Waals surface area (Å²) in [4.78, 5) is 11.7. The molecule has 1 saturated heterocycles. The van der Waals surface area contributed by atoms with Gasteiger partial charge in [0.05, 0.1) is 11.5 Å². The lowest BCUT2D eigenvalue weighted by Crippen LogP contribution is -2.38. The second kappa shape index (κ2) is 9.26. The van der Waals surface area contributed by atoms with Gasteiger partial charge in [0, 0.05) is 33.2 Å². The minimum absolute atomic E-state index is 0.00754. The number of benzene rings is 1. The number of hydrogen-bond acceptors (Lipinski definition) is 4. The highest BCUT2D eigenvalue weighted by Crippen LogP contribution is 2.26. The molecule has 0 aliphatic carbocycles. The molecule has 1 N–H and O–H groups in total. The lowest BCUT2D eigenvalue weighted by molar-refractivity contribution is -0.121. The summed E-state index contributed by atoms with van der Waals surface area (Å²) in [5, 5.41) is 2.78. The average Bonchev–Trinajstić information content (AvgIpc) is 2.60. The first-order valence-electron chi connectivity index (χ1n) is 8.45. The maximum absolute atomic E-state index is 13.3. The molecule has 1 amide bonds. The fourth-order valence-corrected chi connectivity index (χ4v) is 4.43. The van der Waals surface area contributed by atoms with Crippen LogP contribution in [-0.4, -0.2) is 52.0 Å². The van der Waals surface area contributed by atoms with E-state index < -0.39 is 15.8 Å². The molecule has 1 aromatic rings. The lowest BCUT2D eigenvalue weighted by Gasteiger charge is -2.31. The van der Waals surface area contributed by atoms with E-state index in [0.29, 0.717) is 51.4 Å². The van der Waals surface area contributed by atoms with E-state index in [1.165, 1.54) is 22.5 Å². The van der Waals surface area contributed by atoms with E-state index in [0.717, 1.165) is 12.5 Å². The highest BCUT2D eigenvalue weighted by molar-refractivity contribution is 7.89. The molecule has 140 valence electrons. The second-order valence-electron chi connectivity index (χ2n) is 6.19. The quantitative estimate of drug-likeness (QED) is 0.706. The highest BCUT2D eigenvalue weighted by atomic mass is 32.2. The smallest absolute Gasteiger partial charge is 0.243 e. The van der Waals surface area contributed by atoms with Gasteiger partial charge in [-0.25, -0.2) is 12.8 Å². The molecule has 6 nitrogen and oxygen atoms in total. The van der Waals surface area contributed by atoms with Crippen LogP contribution in [0.3, 0.4) is 0 Å². The summed E-state index contributed by atoms with van der Waals surface area (Å²) in [5.41, 5.74) is 0. The molecule has 1 fully saturated rings. The summed E-state index contributed by atoms with van der Waals surface area (Å²) in [6, 6.07) is 5.08. The first-order valence-corrected chi connectivity index (χ1v) is 9.89. The van der Waals surface area contributed by atoms with Crippen molar-refractivity contribution in [2.24, 2.45) is 5.92 Å². The van der Waals surface area contributed by atoms with E-state index in [9.17, 15) is 17.6 Å². The predicted octanol–water partition coefficient (Wildman–Crippen LogP) is 1.77. The minimum Gasteiger partial charge on any atom is -0.383 e. The summed E-state index contributed by atoms with van der Waals surface area (Å²) in [6.45, 7) is 1.78. The second-order valence-corrected chi connectivity index (χ2v) is 8.12. The summed E-state index contributed by atoms with van der Waals surface area (Å²) in [7, 11) is -2.07. The molecule has 0 spiro atoms. The van der Waals surface area contributed by atoms with Crippen molar-refractivity contribution in [1.29, 1.82) is 0 Å². The number of carbonyl (C=O) groups excluding carboxylic acids is 1. The van der Waals surface area contributed by atoms with Crippen molar-refractivity contribution in [3.63, 3.8) is 0 Å². The third kappa shape index (κ3) is 5.76. The summed E-state index contributed by atoms with van der Waals surface area (Å²) >= 11 is 0. The topological polar surface area (TPSA) is 75.7 Å². The molecule has 0 atom stereocenters. The Labute approximate surface area is 148 Å². The van der Waals surface area contributed by atoms with E-state index >= 15 is 0 Å². The van der Waals surface area contributed by atoms with Crippen LogP contribution >= 0.6 is 0 Å². The highest BCUT2D eigenvalue weighted by Gasteiger charge is 2.29. The van der Waals surface area contributed by atoms with Crippen molar-refractivity contribution < 1.29 is 22.3 Å². The molecule has 0 radical (unpaired) electrons. The summed E-state index contributed by atoms with van der Waals surface area (Å²) in [6.07, 6.45) is 2.59. The van der Waals surface area contributed by atoms with Crippen LogP contribution in [0.1, 0.15) is 25.7 Å². The number of rotatable bonds is 8. The van der Waals surface area contributed by atoms with Gasteiger partial charge < -0.3 is 10.1 Å². The third-order valence-corrected chi connectivity index (χ3v) is 6.31. The van der Waals surface area contributed by atoms with E-state index in [2.05, 4.69) is 5.32 Å². The number of halogens is 1. The molecule has 0 bridgehead atoms. The maximum Gasteiger partial charge on any atom is 0.243 e. The van der Waals surface area contributed by atoms with Crippen LogP contribution in [0.2, 0.25) is 0 Å². The van der Waals surface area contributed by atoms with Crippen molar-refractivity contribution in [3.8, 4) is 0 Å². The molecule has 1 aliphatic heterocycles. The van der Waals surface area contributed by atoms with Crippen LogP contribution in [0, 0.1) is 11.7 Å². The molecule has 1 aromatic carbocycles. The molecular weight excluding hydrogens is 347 g/mol. The van der Waals surface area contributed by atoms with Gasteiger partial charge in [-0.2, -0.15) is 4.31 Å². The van der Waals surface area contributed by atoms with Crippen molar-refractivity contribution in [2.75, 3.05) is 33.4 Å². The summed E-state index contributed by atoms with van der Waals surface area (Å²) in [5.74, 6) is -0.241. The van der Waals surface area contributed by atoms with Gasteiger partial charge >= 0.3 is 0 Å². The van der Waals surface area contributed by atoms with Crippen LogP contribution in [0.4, 0.5) is 4.39 Å². The van der Waals surface area contributed by atoms with Gasteiger partial charge in [0.25, 0.3) is 0 Å². The van der Waals surface area contributed by atoms with Crippen molar-refractivity contribution in [1.82, 2.24) is 9.62 Å². The van der Waals surface area contributed by atoms with Gasteiger partial charge in [-0.1, -0.05) is 6.07 Å². The Kier molecular flexibility index (Phi) is 7.34. The number of nitrogens with zero attached hydrogens (tertiary/aromatic N) is 1. The molecular formula is C17H25FN2O4S. The molecule has 8 heteroatoms. The number of amides is 1. The number of hydrogen-bond donors (Lipinski definition) is 1. The molecule has 0 unspecified atom stereocenters. The monoisotopic (exact) mass is 372 g/mol. The van der Waals surface area contributed by atoms with Gasteiger partial charge in [-0.15, -0.1) is 0 Å². The Morgan fingerprint density at radius 2 is 2.08 bits per heavy atom. The standard InChI is InChI=1S/C17H25FN2O4S/c1-24-12-9-19-17(21)6-5-14-7-10-20(11-8-14)25(22,23)16-4-2-3-15(18)13-16/h2-4,13-14H,5-12H2,1H3,(H,19,21). The average molecular weight is 372 g/mol. The normalized spacial score (nSPS) is 16.7. The first kappa shape index (κ1) is 19.8. The third-order valence-electron chi connectivity index (χ3n) is 4.42. The van der Waals surface area contributed by atoms with Crippen LogP contribution in [0.5, 0.6) is 0 Å². The molecule has 0 aromatic heterocycles. The SMILES string of the molecule is COCCNC(=O)CCC1CCN(S(=O)(=O)c2cccc(F)c2)CC1. The lowest BCUT2D eigenvalue weighted by atomic mass is 9.93. The minimum atomic E-state index is -3.65. The molecule has 0 saturated carbocycles. The zero-order chi connectivity index (χ0) is 18.3. The maximum atomic E-state index is 13.3. The molecule has 1 aliphatic rings. The van der Waals surface area contributed by atoms with E-state index in [-0.39, 0.29) is 10.8 Å². The van der Waals surface area contributed by atoms with Crippen molar-refractivity contribution in [2.45, 2.75) is 30.6 Å². The van der Waals surface area contributed by atoms with Crippen LogP contribution in [0.25, 0.3) is 0 Å². The fraction of sp³-hybridized carbons (Fsp3) is 0.588. The van der Waals surface area contributed by atoms with Crippen LogP contribution in [-0.2, 0) is 19.6 Å². The van der Waals surface area contributed by atoms with E-state index in [1.807, 2.05) is 0 Å². The van der Waals surface area contributed by atoms with Crippen molar-refractivity contribution in [3.05, 3.63) is 30.1 Å². The van der Waals surface area contributed by atoms with Gasteiger partial charge in [0.1, 0.15) is 5.82 Å². The van der Waals surface area contributed by atoms with Crippen LogP contribution in [0.15, 0.2) is 29.2 Å².